The zero-order chi connectivity index (χ0) is 15.4. The Bertz CT molecular complexity index is 716. The fourth-order valence-electron chi connectivity index (χ4n) is 1.58. The molecular formula is C15H9BrClFO3. The van der Waals surface area contributed by atoms with Crippen LogP contribution in [-0.4, -0.2) is 11.1 Å². The smallest absolute Gasteiger partial charge is 0.328 e. The number of benzene rings is 2. The number of hydrogen-bond donors (Lipinski definition) is 1. The molecule has 0 bridgehead atoms. The van der Waals surface area contributed by atoms with Gasteiger partial charge in [0, 0.05) is 16.1 Å². The van der Waals surface area contributed by atoms with Gasteiger partial charge in [0.1, 0.15) is 17.3 Å². The van der Waals surface area contributed by atoms with Gasteiger partial charge in [-0.15, -0.1) is 0 Å². The van der Waals surface area contributed by atoms with Crippen molar-refractivity contribution >= 4 is 39.6 Å². The van der Waals surface area contributed by atoms with Crippen LogP contribution >= 0.6 is 27.5 Å². The van der Waals surface area contributed by atoms with E-state index in [0.29, 0.717) is 22.1 Å². The van der Waals surface area contributed by atoms with Crippen LogP contribution in [0.2, 0.25) is 5.02 Å². The molecule has 108 valence electrons. The summed E-state index contributed by atoms with van der Waals surface area (Å²) in [6, 6.07) is 8.88. The van der Waals surface area contributed by atoms with Gasteiger partial charge in [-0.05, 0) is 42.5 Å². The largest absolute Gasteiger partial charge is 0.478 e. The van der Waals surface area contributed by atoms with E-state index in [4.69, 9.17) is 21.4 Å². The first kappa shape index (κ1) is 15.5. The van der Waals surface area contributed by atoms with Crippen molar-refractivity contribution in [3.8, 4) is 11.5 Å². The third-order valence-electron chi connectivity index (χ3n) is 2.49. The summed E-state index contributed by atoms with van der Waals surface area (Å²) in [4.78, 5) is 10.6. The van der Waals surface area contributed by atoms with Gasteiger partial charge < -0.3 is 9.84 Å². The zero-order valence-corrected chi connectivity index (χ0v) is 12.9. The average molecular weight is 372 g/mol. The molecule has 0 saturated carbocycles. The Labute approximate surface area is 133 Å². The molecule has 0 radical (unpaired) electrons. The average Bonchev–Trinajstić information content (AvgIpc) is 2.41. The van der Waals surface area contributed by atoms with Gasteiger partial charge in [-0.1, -0.05) is 27.5 Å². The van der Waals surface area contributed by atoms with Gasteiger partial charge in [-0.25, -0.2) is 9.18 Å². The number of carboxylic acids is 1. The lowest BCUT2D eigenvalue weighted by Crippen LogP contribution is -1.91. The summed E-state index contributed by atoms with van der Waals surface area (Å²) >= 11 is 9.33. The van der Waals surface area contributed by atoms with Crippen LogP contribution < -0.4 is 4.74 Å². The van der Waals surface area contributed by atoms with E-state index < -0.39 is 11.8 Å². The second-order valence-corrected chi connectivity index (χ2v) is 5.35. The molecule has 2 aromatic carbocycles. The van der Waals surface area contributed by atoms with Crippen LogP contribution in [0.5, 0.6) is 11.5 Å². The fourth-order valence-corrected chi connectivity index (χ4v) is 2.29. The van der Waals surface area contributed by atoms with Gasteiger partial charge in [-0.2, -0.15) is 0 Å². The molecule has 1 N–H and O–H groups in total. The SMILES string of the molecule is O=C(O)/C=C/c1cc(F)ccc1Oc1ccc(Br)cc1Cl. The molecule has 6 heteroatoms. The van der Waals surface area contributed by atoms with Crippen LogP contribution in [-0.2, 0) is 4.79 Å². The van der Waals surface area contributed by atoms with Crippen LogP contribution in [0, 0.1) is 5.82 Å². The maximum Gasteiger partial charge on any atom is 0.328 e. The summed E-state index contributed by atoms with van der Waals surface area (Å²) in [6.45, 7) is 0. The highest BCUT2D eigenvalue weighted by Gasteiger charge is 2.08. The number of carbonyl (C=O) groups is 1. The molecule has 3 nitrogen and oxygen atoms in total. The number of halogens is 3. The van der Waals surface area contributed by atoms with E-state index in [-0.39, 0.29) is 0 Å². The molecule has 21 heavy (non-hydrogen) atoms. The summed E-state index contributed by atoms with van der Waals surface area (Å²) < 4.78 is 19.7. The van der Waals surface area contributed by atoms with E-state index in [1.54, 1.807) is 18.2 Å². The van der Waals surface area contributed by atoms with Crippen LogP contribution in [0.15, 0.2) is 46.9 Å². The molecular weight excluding hydrogens is 363 g/mol. The van der Waals surface area contributed by atoms with Gasteiger partial charge in [0.05, 0.1) is 5.02 Å². The van der Waals surface area contributed by atoms with Crippen LogP contribution in [0.1, 0.15) is 5.56 Å². The van der Waals surface area contributed by atoms with Gasteiger partial charge in [-0.3, -0.25) is 0 Å². The molecule has 0 fully saturated rings. The normalized spacial score (nSPS) is 10.8. The van der Waals surface area contributed by atoms with Crippen LogP contribution in [0.3, 0.4) is 0 Å². The second kappa shape index (κ2) is 6.74. The first-order chi connectivity index (χ1) is 9.95. The highest BCUT2D eigenvalue weighted by molar-refractivity contribution is 9.10. The lowest BCUT2D eigenvalue weighted by molar-refractivity contribution is -0.131. The van der Waals surface area contributed by atoms with Crippen LogP contribution in [0.25, 0.3) is 6.08 Å². The van der Waals surface area contributed by atoms with Crippen molar-refractivity contribution in [2.45, 2.75) is 0 Å². The molecule has 0 heterocycles. The Morgan fingerprint density at radius 2 is 1.95 bits per heavy atom. The minimum absolute atomic E-state index is 0.302. The minimum atomic E-state index is -1.13. The Hall–Kier alpha value is -1.85. The summed E-state index contributed by atoms with van der Waals surface area (Å²) in [6.07, 6.45) is 2.17. The zero-order valence-electron chi connectivity index (χ0n) is 10.5. The predicted molar refractivity (Wildman–Crippen MR) is 82.3 cm³/mol. The van der Waals surface area contributed by atoms with E-state index >= 15 is 0 Å². The first-order valence-corrected chi connectivity index (χ1v) is 6.96. The van der Waals surface area contributed by atoms with E-state index in [1.165, 1.54) is 24.3 Å². The van der Waals surface area contributed by atoms with Crippen molar-refractivity contribution in [1.82, 2.24) is 0 Å². The van der Waals surface area contributed by atoms with E-state index in [2.05, 4.69) is 15.9 Å². The molecule has 0 aromatic heterocycles. The number of ether oxygens (including phenoxy) is 1. The molecule has 0 spiro atoms. The monoisotopic (exact) mass is 370 g/mol. The maximum absolute atomic E-state index is 13.3. The topological polar surface area (TPSA) is 46.5 Å². The van der Waals surface area contributed by atoms with E-state index in [1.807, 2.05) is 0 Å². The summed E-state index contributed by atoms with van der Waals surface area (Å²) in [5, 5.41) is 9.03. The van der Waals surface area contributed by atoms with Gasteiger partial charge in [0.15, 0.2) is 0 Å². The molecule has 2 rings (SSSR count). The second-order valence-electron chi connectivity index (χ2n) is 4.03. The Kier molecular flexibility index (Phi) is 4.98. The number of hydrogen-bond acceptors (Lipinski definition) is 2. The molecule has 0 aliphatic heterocycles. The minimum Gasteiger partial charge on any atom is -0.478 e. The summed E-state index contributed by atoms with van der Waals surface area (Å²) in [5.74, 6) is -0.934. The highest BCUT2D eigenvalue weighted by atomic mass is 79.9. The molecule has 0 saturated heterocycles. The lowest BCUT2D eigenvalue weighted by Gasteiger charge is -2.10. The third kappa shape index (κ3) is 4.31. The van der Waals surface area contributed by atoms with Crippen molar-refractivity contribution in [2.24, 2.45) is 0 Å². The van der Waals surface area contributed by atoms with Crippen molar-refractivity contribution in [3.05, 3.63) is 63.4 Å². The van der Waals surface area contributed by atoms with Crippen molar-refractivity contribution in [2.75, 3.05) is 0 Å². The quantitative estimate of drug-likeness (QED) is 0.758. The van der Waals surface area contributed by atoms with E-state index in [0.717, 1.165) is 10.5 Å². The molecule has 0 amide bonds. The standard InChI is InChI=1S/C15H9BrClFO3/c16-10-2-4-14(12(17)8-10)21-13-5-3-11(18)7-9(13)1-6-15(19)20/h1-8H,(H,19,20)/b6-1+. The van der Waals surface area contributed by atoms with Gasteiger partial charge in [0.25, 0.3) is 0 Å². The molecule has 0 unspecified atom stereocenters. The van der Waals surface area contributed by atoms with E-state index in [9.17, 15) is 9.18 Å². The highest BCUT2D eigenvalue weighted by Crippen LogP contribution is 2.33. The Morgan fingerprint density at radius 3 is 2.62 bits per heavy atom. The molecule has 0 aliphatic rings. The first-order valence-electron chi connectivity index (χ1n) is 5.79. The maximum atomic E-state index is 13.3. The number of rotatable bonds is 4. The molecule has 0 aliphatic carbocycles. The Balaban J connectivity index is 2.37. The van der Waals surface area contributed by atoms with Gasteiger partial charge in [0.2, 0.25) is 0 Å². The number of aliphatic carboxylic acids is 1. The summed E-state index contributed by atoms with van der Waals surface area (Å²) in [7, 11) is 0. The predicted octanol–water partition coefficient (Wildman–Crippen LogP) is 5.13. The van der Waals surface area contributed by atoms with Crippen molar-refractivity contribution in [1.29, 1.82) is 0 Å². The lowest BCUT2D eigenvalue weighted by atomic mass is 10.2. The van der Waals surface area contributed by atoms with Crippen molar-refractivity contribution in [3.63, 3.8) is 0 Å². The number of carboxylic acid groups (broad SMARTS) is 1. The van der Waals surface area contributed by atoms with Gasteiger partial charge >= 0.3 is 5.97 Å². The fraction of sp³-hybridized carbons (Fsp3) is 0. The van der Waals surface area contributed by atoms with Crippen LogP contribution in [0.4, 0.5) is 4.39 Å². The third-order valence-corrected chi connectivity index (χ3v) is 3.28. The van der Waals surface area contributed by atoms with Crippen molar-refractivity contribution < 1.29 is 19.0 Å². The Morgan fingerprint density at radius 1 is 1.24 bits per heavy atom. The summed E-state index contributed by atoms with van der Waals surface area (Å²) in [5.41, 5.74) is 0.302. The molecule has 0 atom stereocenters. The molecule has 2 aromatic rings.